The number of fused-ring (bicyclic) bond motifs is 1. The molecule has 1 N–H and O–H groups in total. The Labute approximate surface area is 109 Å². The average molecular weight is 294 g/mol. The van der Waals surface area contributed by atoms with E-state index in [0.717, 1.165) is 23.1 Å². The third-order valence-electron chi connectivity index (χ3n) is 3.52. The Morgan fingerprint density at radius 3 is 3.18 bits per heavy atom. The zero-order chi connectivity index (χ0) is 11.8. The van der Waals surface area contributed by atoms with E-state index in [9.17, 15) is 0 Å². The number of nitrogens with zero attached hydrogens (tertiary/aromatic N) is 2. The van der Waals surface area contributed by atoms with Gasteiger partial charge in [-0.05, 0) is 54.4 Å². The zero-order valence-corrected chi connectivity index (χ0v) is 11.5. The normalized spacial score (nSPS) is 20.2. The van der Waals surface area contributed by atoms with E-state index < -0.39 is 0 Å². The molecule has 90 valence electrons. The lowest BCUT2D eigenvalue weighted by atomic mass is 10.1. The first-order valence-electron chi connectivity index (χ1n) is 6.10. The number of rotatable bonds is 2. The molecular formula is C13H16BrN3. The lowest BCUT2D eigenvalue weighted by Crippen LogP contribution is -2.24. The third-order valence-corrected chi connectivity index (χ3v) is 3.99. The van der Waals surface area contributed by atoms with E-state index in [4.69, 9.17) is 4.98 Å². The Balaban J connectivity index is 1.96. The highest BCUT2D eigenvalue weighted by atomic mass is 79.9. The lowest BCUT2D eigenvalue weighted by Gasteiger charge is -2.08. The van der Waals surface area contributed by atoms with Crippen molar-refractivity contribution in [3.63, 3.8) is 0 Å². The van der Waals surface area contributed by atoms with Crippen molar-refractivity contribution in [2.75, 3.05) is 6.54 Å². The molecule has 3 nitrogen and oxygen atoms in total. The Morgan fingerprint density at radius 2 is 2.41 bits per heavy atom. The zero-order valence-electron chi connectivity index (χ0n) is 9.91. The summed E-state index contributed by atoms with van der Waals surface area (Å²) in [5.74, 6) is 0. The van der Waals surface area contributed by atoms with Gasteiger partial charge in [0.25, 0.3) is 0 Å². The van der Waals surface area contributed by atoms with Crippen LogP contribution in [0.15, 0.2) is 22.8 Å². The van der Waals surface area contributed by atoms with Gasteiger partial charge in [0.2, 0.25) is 0 Å². The summed E-state index contributed by atoms with van der Waals surface area (Å²) in [6.07, 6.45) is 5.70. The van der Waals surface area contributed by atoms with Crippen LogP contribution in [0.1, 0.15) is 24.2 Å². The summed E-state index contributed by atoms with van der Waals surface area (Å²) in [5, 5.41) is 3.53. The van der Waals surface area contributed by atoms with Crippen LogP contribution >= 0.6 is 15.9 Å². The second kappa shape index (κ2) is 4.42. The lowest BCUT2D eigenvalue weighted by molar-refractivity contribution is 0.595. The molecule has 1 fully saturated rings. The van der Waals surface area contributed by atoms with Crippen molar-refractivity contribution in [3.05, 3.63) is 34.2 Å². The van der Waals surface area contributed by atoms with Gasteiger partial charge in [-0.3, -0.25) is 0 Å². The highest BCUT2D eigenvalue weighted by Gasteiger charge is 2.18. The van der Waals surface area contributed by atoms with Gasteiger partial charge in [0.1, 0.15) is 5.65 Å². The molecule has 1 saturated heterocycles. The van der Waals surface area contributed by atoms with E-state index in [-0.39, 0.29) is 0 Å². The standard InChI is InChI=1S/C13H16BrN3/c1-9-12(7-11-3-2-6-15-11)16-13-5-4-10(14)8-17(9)13/h4-5,8,11,15H,2-3,6-7H2,1H3. The van der Waals surface area contributed by atoms with Crippen LogP contribution < -0.4 is 5.32 Å². The molecule has 2 aromatic heterocycles. The van der Waals surface area contributed by atoms with Crippen LogP contribution in [0.25, 0.3) is 5.65 Å². The monoisotopic (exact) mass is 293 g/mol. The minimum absolute atomic E-state index is 0.613. The molecule has 3 rings (SSSR count). The first kappa shape index (κ1) is 11.2. The molecule has 1 aliphatic heterocycles. The van der Waals surface area contributed by atoms with E-state index in [1.165, 1.54) is 24.2 Å². The van der Waals surface area contributed by atoms with Crippen LogP contribution in [-0.2, 0) is 6.42 Å². The molecule has 4 heteroatoms. The number of imidazole rings is 1. The van der Waals surface area contributed by atoms with E-state index >= 15 is 0 Å². The molecule has 0 spiro atoms. The molecule has 3 heterocycles. The summed E-state index contributed by atoms with van der Waals surface area (Å²) in [7, 11) is 0. The van der Waals surface area contributed by atoms with E-state index in [1.54, 1.807) is 0 Å². The van der Waals surface area contributed by atoms with Gasteiger partial charge >= 0.3 is 0 Å². The molecule has 0 saturated carbocycles. The van der Waals surface area contributed by atoms with Crippen molar-refractivity contribution >= 4 is 21.6 Å². The van der Waals surface area contributed by atoms with Crippen LogP contribution in [0, 0.1) is 6.92 Å². The number of nitrogens with one attached hydrogen (secondary N) is 1. The van der Waals surface area contributed by atoms with Crippen LogP contribution in [0.4, 0.5) is 0 Å². The Morgan fingerprint density at radius 1 is 1.53 bits per heavy atom. The van der Waals surface area contributed by atoms with E-state index in [2.05, 4.69) is 44.8 Å². The maximum atomic E-state index is 4.72. The van der Waals surface area contributed by atoms with Crippen LogP contribution in [-0.4, -0.2) is 22.0 Å². The fourth-order valence-electron chi connectivity index (χ4n) is 2.54. The second-order valence-electron chi connectivity index (χ2n) is 4.72. The topological polar surface area (TPSA) is 29.3 Å². The number of aryl methyl sites for hydroxylation is 1. The summed E-state index contributed by atoms with van der Waals surface area (Å²) >= 11 is 3.50. The van der Waals surface area contributed by atoms with Crippen LogP contribution in [0.3, 0.4) is 0 Å². The SMILES string of the molecule is Cc1c(CC2CCCN2)nc2ccc(Br)cn12. The van der Waals surface area contributed by atoms with Gasteiger partial charge in [0, 0.05) is 28.8 Å². The van der Waals surface area contributed by atoms with Gasteiger partial charge in [-0.15, -0.1) is 0 Å². The van der Waals surface area contributed by atoms with Crippen molar-refractivity contribution in [1.82, 2.24) is 14.7 Å². The van der Waals surface area contributed by atoms with Gasteiger partial charge in [-0.1, -0.05) is 0 Å². The first-order chi connectivity index (χ1) is 8.24. The first-order valence-corrected chi connectivity index (χ1v) is 6.90. The molecule has 1 atom stereocenters. The number of hydrogen-bond acceptors (Lipinski definition) is 2. The van der Waals surface area contributed by atoms with Crippen molar-refractivity contribution in [2.45, 2.75) is 32.2 Å². The molecular weight excluding hydrogens is 278 g/mol. The van der Waals surface area contributed by atoms with Gasteiger partial charge < -0.3 is 9.72 Å². The van der Waals surface area contributed by atoms with Crippen molar-refractivity contribution in [2.24, 2.45) is 0 Å². The Bertz CT molecular complexity index is 541. The maximum Gasteiger partial charge on any atom is 0.137 e. The summed E-state index contributed by atoms with van der Waals surface area (Å²) < 4.78 is 3.25. The molecule has 0 aliphatic carbocycles. The van der Waals surface area contributed by atoms with Crippen molar-refractivity contribution < 1.29 is 0 Å². The summed E-state index contributed by atoms with van der Waals surface area (Å²) in [5.41, 5.74) is 3.52. The fourth-order valence-corrected chi connectivity index (χ4v) is 2.88. The minimum Gasteiger partial charge on any atom is -0.314 e. The largest absolute Gasteiger partial charge is 0.314 e. The highest BCUT2D eigenvalue weighted by Crippen LogP contribution is 2.19. The van der Waals surface area contributed by atoms with E-state index in [0.29, 0.717) is 6.04 Å². The fraction of sp³-hybridized carbons (Fsp3) is 0.462. The van der Waals surface area contributed by atoms with Crippen molar-refractivity contribution in [1.29, 1.82) is 0 Å². The van der Waals surface area contributed by atoms with E-state index in [1.807, 2.05) is 6.07 Å². The van der Waals surface area contributed by atoms with Crippen molar-refractivity contribution in [3.8, 4) is 0 Å². The number of hydrogen-bond donors (Lipinski definition) is 1. The third kappa shape index (κ3) is 2.11. The molecule has 0 aromatic carbocycles. The molecule has 1 unspecified atom stereocenters. The smallest absolute Gasteiger partial charge is 0.137 e. The predicted octanol–water partition coefficient (Wildman–Crippen LogP) is 2.70. The van der Waals surface area contributed by atoms with Crippen LogP contribution in [0.5, 0.6) is 0 Å². The van der Waals surface area contributed by atoms with Crippen LogP contribution in [0.2, 0.25) is 0 Å². The number of aromatic nitrogens is 2. The summed E-state index contributed by atoms with van der Waals surface area (Å²) in [6, 6.07) is 4.71. The van der Waals surface area contributed by atoms with Gasteiger partial charge in [-0.25, -0.2) is 4.98 Å². The summed E-state index contributed by atoms with van der Waals surface area (Å²) in [6.45, 7) is 3.30. The molecule has 0 radical (unpaired) electrons. The number of halogens is 1. The Hall–Kier alpha value is -0.870. The minimum atomic E-state index is 0.613. The average Bonchev–Trinajstić information content (AvgIpc) is 2.91. The molecule has 0 amide bonds. The van der Waals surface area contributed by atoms with Gasteiger partial charge in [-0.2, -0.15) is 0 Å². The second-order valence-corrected chi connectivity index (χ2v) is 5.63. The Kier molecular flexibility index (Phi) is 2.92. The van der Waals surface area contributed by atoms with Gasteiger partial charge in [0.15, 0.2) is 0 Å². The molecule has 0 bridgehead atoms. The highest BCUT2D eigenvalue weighted by molar-refractivity contribution is 9.10. The quantitative estimate of drug-likeness (QED) is 0.922. The predicted molar refractivity (Wildman–Crippen MR) is 72.4 cm³/mol. The number of pyridine rings is 1. The molecule has 2 aromatic rings. The maximum absolute atomic E-state index is 4.72. The molecule has 17 heavy (non-hydrogen) atoms. The summed E-state index contributed by atoms with van der Waals surface area (Å²) in [4.78, 5) is 4.72. The van der Waals surface area contributed by atoms with Gasteiger partial charge in [0.05, 0.1) is 5.69 Å². The molecule has 1 aliphatic rings.